The molecule has 0 N–H and O–H groups in total. The second kappa shape index (κ2) is 4.66. The van der Waals surface area contributed by atoms with Crippen molar-refractivity contribution in [1.29, 1.82) is 0 Å². The van der Waals surface area contributed by atoms with Crippen LogP contribution in [0.1, 0.15) is 29.8 Å². The second-order valence-corrected chi connectivity index (χ2v) is 4.55. The number of hydrogen-bond donors (Lipinski definition) is 0. The molecular formula is C14H17NO4. The molecule has 1 amide bonds. The first kappa shape index (κ1) is 13.5. The molecule has 0 aromatic heterocycles. The van der Waals surface area contributed by atoms with Crippen molar-refractivity contribution < 1.29 is 19.1 Å². The number of ether oxygens (including phenoxy) is 2. The summed E-state index contributed by atoms with van der Waals surface area (Å²) in [6, 6.07) is 5.05. The van der Waals surface area contributed by atoms with Gasteiger partial charge < -0.3 is 14.4 Å². The fraction of sp³-hybridized carbons (Fsp3) is 0.429. The van der Waals surface area contributed by atoms with Crippen LogP contribution in [0, 0.1) is 0 Å². The van der Waals surface area contributed by atoms with Crippen molar-refractivity contribution in [3.8, 4) is 0 Å². The standard InChI is InChI=1S/C14H17NO4/c1-5-19-14(2)10-7-6-9(12(16)18-4)8-11(10)15(3)13(14)17/h6-8H,5H2,1-4H3. The number of esters is 1. The Morgan fingerprint density at radius 2 is 2.11 bits per heavy atom. The molecule has 0 aliphatic carbocycles. The van der Waals surface area contributed by atoms with Gasteiger partial charge in [0.05, 0.1) is 18.4 Å². The minimum absolute atomic E-state index is 0.133. The van der Waals surface area contributed by atoms with Gasteiger partial charge in [0, 0.05) is 19.2 Å². The van der Waals surface area contributed by atoms with Crippen LogP contribution in [0.25, 0.3) is 0 Å². The molecule has 5 nitrogen and oxygen atoms in total. The van der Waals surface area contributed by atoms with E-state index in [-0.39, 0.29) is 5.91 Å². The normalized spacial score (nSPS) is 21.5. The first-order chi connectivity index (χ1) is 8.95. The maximum Gasteiger partial charge on any atom is 0.337 e. The van der Waals surface area contributed by atoms with E-state index in [4.69, 9.17) is 4.74 Å². The average molecular weight is 263 g/mol. The monoisotopic (exact) mass is 263 g/mol. The van der Waals surface area contributed by atoms with E-state index >= 15 is 0 Å². The van der Waals surface area contributed by atoms with E-state index < -0.39 is 11.6 Å². The molecule has 1 aromatic rings. The van der Waals surface area contributed by atoms with E-state index in [2.05, 4.69) is 4.74 Å². The van der Waals surface area contributed by atoms with Gasteiger partial charge in [-0.15, -0.1) is 0 Å². The van der Waals surface area contributed by atoms with Crippen molar-refractivity contribution in [2.75, 3.05) is 25.7 Å². The first-order valence-electron chi connectivity index (χ1n) is 6.10. The van der Waals surface area contributed by atoms with Crippen LogP contribution in [0.15, 0.2) is 18.2 Å². The molecule has 0 bridgehead atoms. The molecule has 102 valence electrons. The first-order valence-corrected chi connectivity index (χ1v) is 6.10. The number of anilines is 1. The summed E-state index contributed by atoms with van der Waals surface area (Å²) in [6.07, 6.45) is 0. The number of nitrogens with zero attached hydrogens (tertiary/aromatic N) is 1. The van der Waals surface area contributed by atoms with Gasteiger partial charge in [-0.05, 0) is 26.0 Å². The minimum Gasteiger partial charge on any atom is -0.465 e. The van der Waals surface area contributed by atoms with Crippen molar-refractivity contribution >= 4 is 17.6 Å². The predicted molar refractivity (Wildman–Crippen MR) is 70.2 cm³/mol. The summed E-state index contributed by atoms with van der Waals surface area (Å²) in [4.78, 5) is 25.4. The molecule has 1 unspecified atom stereocenters. The maximum atomic E-state index is 12.3. The summed E-state index contributed by atoms with van der Waals surface area (Å²) in [5.74, 6) is -0.556. The lowest BCUT2D eigenvalue weighted by molar-refractivity contribution is -0.140. The topological polar surface area (TPSA) is 55.8 Å². The highest BCUT2D eigenvalue weighted by Gasteiger charge is 2.47. The molecule has 1 atom stereocenters. The third kappa shape index (κ3) is 1.90. The molecule has 0 radical (unpaired) electrons. The third-order valence-electron chi connectivity index (χ3n) is 3.44. The molecule has 1 aliphatic heterocycles. The number of amides is 1. The van der Waals surface area contributed by atoms with Gasteiger partial charge in [-0.2, -0.15) is 0 Å². The number of likely N-dealkylation sites (N-methyl/N-ethyl adjacent to an activating group) is 1. The van der Waals surface area contributed by atoms with Gasteiger partial charge in [-0.3, -0.25) is 4.79 Å². The van der Waals surface area contributed by atoms with Crippen molar-refractivity contribution in [1.82, 2.24) is 0 Å². The highest BCUT2D eigenvalue weighted by Crippen LogP contribution is 2.42. The highest BCUT2D eigenvalue weighted by molar-refractivity contribution is 6.07. The van der Waals surface area contributed by atoms with Gasteiger partial charge >= 0.3 is 5.97 Å². The zero-order chi connectivity index (χ0) is 14.2. The van der Waals surface area contributed by atoms with Crippen LogP contribution in [0.3, 0.4) is 0 Å². The SMILES string of the molecule is CCOC1(C)C(=O)N(C)c2cc(C(=O)OC)ccc21. The maximum absolute atomic E-state index is 12.3. The summed E-state index contributed by atoms with van der Waals surface area (Å²) >= 11 is 0. The molecule has 1 heterocycles. The summed E-state index contributed by atoms with van der Waals surface area (Å²) < 4.78 is 10.3. The fourth-order valence-electron chi connectivity index (χ4n) is 2.43. The molecule has 5 heteroatoms. The number of carbonyl (C=O) groups is 2. The molecule has 2 rings (SSSR count). The zero-order valence-electron chi connectivity index (χ0n) is 11.5. The highest BCUT2D eigenvalue weighted by atomic mass is 16.5. The van der Waals surface area contributed by atoms with Gasteiger partial charge in [0.25, 0.3) is 5.91 Å². The smallest absolute Gasteiger partial charge is 0.337 e. The molecule has 0 saturated carbocycles. The number of carbonyl (C=O) groups excluding carboxylic acids is 2. The van der Waals surface area contributed by atoms with Gasteiger partial charge in [0.2, 0.25) is 0 Å². The van der Waals surface area contributed by atoms with E-state index in [9.17, 15) is 9.59 Å². The molecule has 19 heavy (non-hydrogen) atoms. The number of fused-ring (bicyclic) bond motifs is 1. The minimum atomic E-state index is -0.979. The third-order valence-corrected chi connectivity index (χ3v) is 3.44. The Bertz CT molecular complexity index is 540. The Labute approximate surface area is 112 Å². The van der Waals surface area contributed by atoms with E-state index in [0.29, 0.717) is 17.9 Å². The van der Waals surface area contributed by atoms with Crippen molar-refractivity contribution in [3.63, 3.8) is 0 Å². The van der Waals surface area contributed by atoms with Crippen molar-refractivity contribution in [2.45, 2.75) is 19.4 Å². The number of benzene rings is 1. The van der Waals surface area contributed by atoms with E-state index in [0.717, 1.165) is 5.56 Å². The van der Waals surface area contributed by atoms with Crippen LogP contribution in [-0.4, -0.2) is 32.6 Å². The summed E-state index contributed by atoms with van der Waals surface area (Å²) in [5, 5.41) is 0. The van der Waals surface area contributed by atoms with E-state index in [1.54, 1.807) is 32.2 Å². The summed E-state index contributed by atoms with van der Waals surface area (Å²) in [5.41, 5.74) is 0.896. The number of hydrogen-bond acceptors (Lipinski definition) is 4. The quantitative estimate of drug-likeness (QED) is 0.779. The van der Waals surface area contributed by atoms with Crippen LogP contribution in [0.2, 0.25) is 0 Å². The molecule has 0 spiro atoms. The predicted octanol–water partition coefficient (Wildman–Crippen LogP) is 1.70. The Morgan fingerprint density at radius 1 is 1.42 bits per heavy atom. The van der Waals surface area contributed by atoms with Crippen LogP contribution < -0.4 is 4.90 Å². The zero-order valence-corrected chi connectivity index (χ0v) is 11.5. The molecule has 1 aromatic carbocycles. The molecule has 0 saturated heterocycles. The lowest BCUT2D eigenvalue weighted by Crippen LogP contribution is -2.38. The Morgan fingerprint density at radius 3 is 2.68 bits per heavy atom. The fourth-order valence-corrected chi connectivity index (χ4v) is 2.43. The second-order valence-electron chi connectivity index (χ2n) is 4.55. The van der Waals surface area contributed by atoms with Gasteiger partial charge in [0.15, 0.2) is 5.60 Å². The number of rotatable bonds is 3. The van der Waals surface area contributed by atoms with Crippen molar-refractivity contribution in [3.05, 3.63) is 29.3 Å². The van der Waals surface area contributed by atoms with Crippen LogP contribution in [0.4, 0.5) is 5.69 Å². The largest absolute Gasteiger partial charge is 0.465 e. The molecule has 1 aliphatic rings. The van der Waals surface area contributed by atoms with Crippen LogP contribution in [0.5, 0.6) is 0 Å². The lowest BCUT2D eigenvalue weighted by Gasteiger charge is -2.22. The van der Waals surface area contributed by atoms with E-state index in [1.165, 1.54) is 12.0 Å². The van der Waals surface area contributed by atoms with Crippen LogP contribution in [-0.2, 0) is 19.9 Å². The Balaban J connectivity index is 2.53. The van der Waals surface area contributed by atoms with Gasteiger partial charge in [-0.25, -0.2) is 4.79 Å². The Kier molecular flexibility index (Phi) is 3.32. The summed E-state index contributed by atoms with van der Waals surface area (Å²) in [7, 11) is 3.00. The summed E-state index contributed by atoms with van der Waals surface area (Å²) in [6.45, 7) is 4.03. The average Bonchev–Trinajstić information content (AvgIpc) is 2.60. The lowest BCUT2D eigenvalue weighted by atomic mass is 9.96. The Hall–Kier alpha value is -1.88. The van der Waals surface area contributed by atoms with Gasteiger partial charge in [0.1, 0.15) is 0 Å². The number of methoxy groups -OCH3 is 1. The molecular weight excluding hydrogens is 246 g/mol. The van der Waals surface area contributed by atoms with Gasteiger partial charge in [-0.1, -0.05) is 6.07 Å². The van der Waals surface area contributed by atoms with Crippen molar-refractivity contribution in [2.24, 2.45) is 0 Å². The van der Waals surface area contributed by atoms with Crippen LogP contribution >= 0.6 is 0 Å². The van der Waals surface area contributed by atoms with E-state index in [1.807, 2.05) is 6.92 Å². The molecule has 0 fully saturated rings.